The Balaban J connectivity index is 1.55. The number of hydrogen-bond donors (Lipinski definition) is 0. The third-order valence-electron chi connectivity index (χ3n) is 6.20. The Labute approximate surface area is 199 Å². The molecule has 1 saturated heterocycles. The van der Waals surface area contributed by atoms with Gasteiger partial charge < -0.3 is 14.4 Å². The average Bonchev–Trinajstić information content (AvgIpc) is 3.29. The SMILES string of the molecule is CCOC(=O)c1nn(Cc2ccc(OC)cc2)nc1-c1ccc(C2CCN(C(C)=O)CC2)cc1. The molecule has 178 valence electrons. The molecule has 0 N–H and O–H groups in total. The second-order valence-corrected chi connectivity index (χ2v) is 8.40. The van der Waals surface area contributed by atoms with Gasteiger partial charge in [0.1, 0.15) is 11.4 Å². The Hall–Kier alpha value is -3.68. The summed E-state index contributed by atoms with van der Waals surface area (Å²) in [4.78, 5) is 27.6. The normalized spacial score (nSPS) is 14.1. The molecule has 0 spiro atoms. The molecule has 4 rings (SSSR count). The van der Waals surface area contributed by atoms with E-state index in [2.05, 4.69) is 22.3 Å². The summed E-state index contributed by atoms with van der Waals surface area (Å²) in [6, 6.07) is 15.8. The number of carbonyl (C=O) groups excluding carboxylic acids is 2. The minimum absolute atomic E-state index is 0.137. The summed E-state index contributed by atoms with van der Waals surface area (Å²) < 4.78 is 10.4. The molecule has 1 fully saturated rings. The molecular formula is C26H30N4O4. The van der Waals surface area contributed by atoms with Gasteiger partial charge in [0.15, 0.2) is 5.69 Å². The van der Waals surface area contributed by atoms with Gasteiger partial charge in [-0.25, -0.2) is 4.79 Å². The van der Waals surface area contributed by atoms with E-state index in [1.54, 1.807) is 21.0 Å². The third kappa shape index (κ3) is 5.27. The second-order valence-electron chi connectivity index (χ2n) is 8.40. The molecule has 34 heavy (non-hydrogen) atoms. The smallest absolute Gasteiger partial charge is 0.361 e. The van der Waals surface area contributed by atoms with Gasteiger partial charge in [0, 0.05) is 25.6 Å². The van der Waals surface area contributed by atoms with Crippen LogP contribution in [-0.2, 0) is 16.1 Å². The van der Waals surface area contributed by atoms with Crippen LogP contribution in [0.3, 0.4) is 0 Å². The lowest BCUT2D eigenvalue weighted by Gasteiger charge is -2.31. The molecule has 1 aliphatic rings. The summed E-state index contributed by atoms with van der Waals surface area (Å²) in [7, 11) is 1.63. The number of esters is 1. The molecule has 8 nitrogen and oxygen atoms in total. The van der Waals surface area contributed by atoms with Crippen LogP contribution in [0.25, 0.3) is 11.3 Å². The number of aromatic nitrogens is 3. The first-order valence-corrected chi connectivity index (χ1v) is 11.6. The quantitative estimate of drug-likeness (QED) is 0.495. The fourth-order valence-electron chi connectivity index (χ4n) is 4.29. The Morgan fingerprint density at radius 3 is 2.26 bits per heavy atom. The number of methoxy groups -OCH3 is 1. The van der Waals surface area contributed by atoms with Gasteiger partial charge in [-0.3, -0.25) is 4.79 Å². The summed E-state index contributed by atoms with van der Waals surface area (Å²) in [5, 5.41) is 9.06. The van der Waals surface area contributed by atoms with Crippen LogP contribution in [0, 0.1) is 0 Å². The fraction of sp³-hybridized carbons (Fsp3) is 0.385. The van der Waals surface area contributed by atoms with Crippen LogP contribution in [0.4, 0.5) is 0 Å². The van der Waals surface area contributed by atoms with E-state index in [9.17, 15) is 9.59 Å². The van der Waals surface area contributed by atoms with Crippen molar-refractivity contribution in [3.63, 3.8) is 0 Å². The van der Waals surface area contributed by atoms with Crippen molar-refractivity contribution in [1.82, 2.24) is 19.9 Å². The maximum Gasteiger partial charge on any atom is 0.361 e. The van der Waals surface area contributed by atoms with Gasteiger partial charge in [0.05, 0.1) is 20.3 Å². The lowest BCUT2D eigenvalue weighted by atomic mass is 9.88. The Kier molecular flexibility index (Phi) is 7.25. The minimum Gasteiger partial charge on any atom is -0.497 e. The highest BCUT2D eigenvalue weighted by molar-refractivity contribution is 5.93. The molecule has 2 heterocycles. The lowest BCUT2D eigenvalue weighted by Crippen LogP contribution is -2.36. The Morgan fingerprint density at radius 1 is 1.00 bits per heavy atom. The predicted molar refractivity (Wildman–Crippen MR) is 128 cm³/mol. The molecule has 0 unspecified atom stereocenters. The van der Waals surface area contributed by atoms with E-state index in [0.717, 1.165) is 42.8 Å². The van der Waals surface area contributed by atoms with Crippen LogP contribution >= 0.6 is 0 Å². The van der Waals surface area contributed by atoms with Gasteiger partial charge in [0.25, 0.3) is 0 Å². The number of carbonyl (C=O) groups is 2. The van der Waals surface area contributed by atoms with Gasteiger partial charge in [-0.1, -0.05) is 36.4 Å². The van der Waals surface area contributed by atoms with Crippen LogP contribution in [0.1, 0.15) is 54.2 Å². The molecule has 0 bridgehead atoms. The minimum atomic E-state index is -0.487. The van der Waals surface area contributed by atoms with E-state index >= 15 is 0 Å². The van der Waals surface area contributed by atoms with Gasteiger partial charge in [0.2, 0.25) is 5.91 Å². The van der Waals surface area contributed by atoms with Gasteiger partial charge in [-0.2, -0.15) is 9.90 Å². The van der Waals surface area contributed by atoms with E-state index < -0.39 is 5.97 Å². The van der Waals surface area contributed by atoms with Crippen molar-refractivity contribution in [2.24, 2.45) is 0 Å². The van der Waals surface area contributed by atoms with Crippen molar-refractivity contribution in [3.8, 4) is 17.0 Å². The van der Waals surface area contributed by atoms with E-state index in [1.807, 2.05) is 41.3 Å². The van der Waals surface area contributed by atoms with Gasteiger partial charge >= 0.3 is 5.97 Å². The van der Waals surface area contributed by atoms with Crippen molar-refractivity contribution < 1.29 is 19.1 Å². The number of hydrogen-bond acceptors (Lipinski definition) is 6. The number of rotatable bonds is 7. The molecular weight excluding hydrogens is 432 g/mol. The summed E-state index contributed by atoms with van der Waals surface area (Å²) >= 11 is 0. The van der Waals surface area contributed by atoms with Crippen molar-refractivity contribution in [2.45, 2.75) is 39.2 Å². The first-order chi connectivity index (χ1) is 16.5. The monoisotopic (exact) mass is 462 g/mol. The van der Waals surface area contributed by atoms with Crippen LogP contribution in [0.15, 0.2) is 48.5 Å². The Morgan fingerprint density at radius 2 is 1.68 bits per heavy atom. The largest absolute Gasteiger partial charge is 0.497 e. The second kappa shape index (κ2) is 10.5. The number of amides is 1. The zero-order valence-corrected chi connectivity index (χ0v) is 19.9. The summed E-state index contributed by atoms with van der Waals surface area (Å²) in [5.74, 6) is 0.842. The summed E-state index contributed by atoms with van der Waals surface area (Å²) in [6.07, 6.45) is 1.90. The van der Waals surface area contributed by atoms with E-state index in [4.69, 9.17) is 9.47 Å². The van der Waals surface area contributed by atoms with Crippen molar-refractivity contribution in [2.75, 3.05) is 26.8 Å². The summed E-state index contributed by atoms with van der Waals surface area (Å²) in [5.41, 5.74) is 3.75. The van der Waals surface area contributed by atoms with Crippen LogP contribution in [0.2, 0.25) is 0 Å². The predicted octanol–water partition coefficient (Wildman–Crippen LogP) is 3.90. The molecule has 3 aromatic rings. The molecule has 0 radical (unpaired) electrons. The van der Waals surface area contributed by atoms with E-state index in [0.29, 0.717) is 18.2 Å². The maximum atomic E-state index is 12.6. The molecule has 1 aliphatic heterocycles. The van der Waals surface area contributed by atoms with Gasteiger partial charge in [-0.05, 0) is 48.9 Å². The fourth-order valence-corrected chi connectivity index (χ4v) is 4.29. The third-order valence-corrected chi connectivity index (χ3v) is 6.20. The molecule has 8 heteroatoms. The standard InChI is InChI=1S/C26H30N4O4/c1-4-34-26(32)25-24(27-30(28-25)17-19-5-11-23(33-3)12-6-19)22-9-7-20(8-10-22)21-13-15-29(16-14-21)18(2)31/h5-12,21H,4,13-17H2,1-3H3. The highest BCUT2D eigenvalue weighted by Gasteiger charge is 2.24. The number of nitrogens with zero attached hydrogens (tertiary/aromatic N) is 4. The highest BCUT2D eigenvalue weighted by Crippen LogP contribution is 2.30. The highest BCUT2D eigenvalue weighted by atomic mass is 16.5. The lowest BCUT2D eigenvalue weighted by molar-refractivity contribution is -0.129. The average molecular weight is 463 g/mol. The van der Waals surface area contributed by atoms with Crippen LogP contribution < -0.4 is 4.74 Å². The summed E-state index contributed by atoms with van der Waals surface area (Å²) in [6.45, 7) is 5.65. The number of piperidine rings is 1. The van der Waals surface area contributed by atoms with E-state index in [1.165, 1.54) is 10.4 Å². The van der Waals surface area contributed by atoms with Crippen molar-refractivity contribution in [1.29, 1.82) is 0 Å². The number of likely N-dealkylation sites (tertiary alicyclic amines) is 1. The number of benzene rings is 2. The van der Waals surface area contributed by atoms with Gasteiger partial charge in [-0.15, -0.1) is 5.10 Å². The first kappa shape index (κ1) is 23.5. The van der Waals surface area contributed by atoms with Crippen molar-refractivity contribution >= 4 is 11.9 Å². The Bertz CT molecular complexity index is 1130. The topological polar surface area (TPSA) is 86.5 Å². The van der Waals surface area contributed by atoms with Crippen molar-refractivity contribution in [3.05, 3.63) is 65.4 Å². The zero-order chi connectivity index (χ0) is 24.1. The first-order valence-electron chi connectivity index (χ1n) is 11.6. The zero-order valence-electron chi connectivity index (χ0n) is 19.9. The molecule has 0 aliphatic carbocycles. The maximum absolute atomic E-state index is 12.6. The molecule has 1 aromatic heterocycles. The molecule has 0 saturated carbocycles. The molecule has 0 atom stereocenters. The van der Waals surface area contributed by atoms with Crippen LogP contribution in [0.5, 0.6) is 5.75 Å². The molecule has 1 amide bonds. The van der Waals surface area contributed by atoms with E-state index in [-0.39, 0.29) is 18.2 Å². The van der Waals surface area contributed by atoms with Crippen LogP contribution in [-0.4, -0.2) is 58.6 Å². The number of ether oxygens (including phenoxy) is 2. The molecule has 2 aromatic carbocycles.